The highest BCUT2D eigenvalue weighted by molar-refractivity contribution is 4.87. The fourth-order valence-electron chi connectivity index (χ4n) is 2.17. The fourth-order valence-corrected chi connectivity index (χ4v) is 2.17. The van der Waals surface area contributed by atoms with E-state index in [-0.39, 0.29) is 0 Å². The summed E-state index contributed by atoms with van der Waals surface area (Å²) in [6, 6.07) is 0.580. The van der Waals surface area contributed by atoms with Gasteiger partial charge in [-0.3, -0.25) is 4.68 Å². The standard InChI is InChI=1S/C14H28N4/c1-5-9-15-13(12(3)4)7-8-14-16-11-17-18(14)10-6-2/h11-13,15H,5-10H2,1-4H3. The second-order valence-electron chi connectivity index (χ2n) is 5.24. The van der Waals surface area contributed by atoms with Gasteiger partial charge in [-0.05, 0) is 31.7 Å². The molecule has 1 heterocycles. The minimum absolute atomic E-state index is 0.580. The number of aromatic nitrogens is 3. The molecule has 1 aromatic heterocycles. The Balaban J connectivity index is 2.47. The molecule has 1 unspecified atom stereocenters. The van der Waals surface area contributed by atoms with Crippen molar-refractivity contribution < 1.29 is 0 Å². The van der Waals surface area contributed by atoms with Crippen LogP contribution in [0.3, 0.4) is 0 Å². The Hall–Kier alpha value is -0.900. The number of rotatable bonds is 9. The van der Waals surface area contributed by atoms with Crippen LogP contribution in [0.4, 0.5) is 0 Å². The van der Waals surface area contributed by atoms with Crippen molar-refractivity contribution in [1.29, 1.82) is 0 Å². The first-order valence-corrected chi connectivity index (χ1v) is 7.29. The van der Waals surface area contributed by atoms with E-state index in [9.17, 15) is 0 Å². The van der Waals surface area contributed by atoms with Gasteiger partial charge in [-0.25, -0.2) is 4.98 Å². The van der Waals surface area contributed by atoms with Crippen molar-refractivity contribution in [2.75, 3.05) is 6.54 Å². The Morgan fingerprint density at radius 1 is 1.28 bits per heavy atom. The molecule has 0 bridgehead atoms. The van der Waals surface area contributed by atoms with E-state index in [1.807, 2.05) is 4.68 Å². The summed E-state index contributed by atoms with van der Waals surface area (Å²) >= 11 is 0. The summed E-state index contributed by atoms with van der Waals surface area (Å²) in [6.45, 7) is 11.0. The molecule has 1 atom stereocenters. The second kappa shape index (κ2) is 8.25. The molecular weight excluding hydrogens is 224 g/mol. The number of nitrogens with zero attached hydrogens (tertiary/aromatic N) is 3. The molecule has 0 spiro atoms. The molecule has 0 aliphatic carbocycles. The molecule has 0 saturated heterocycles. The molecule has 0 aliphatic heterocycles. The first-order valence-electron chi connectivity index (χ1n) is 7.29. The minimum Gasteiger partial charge on any atom is -0.314 e. The summed E-state index contributed by atoms with van der Waals surface area (Å²) < 4.78 is 2.04. The van der Waals surface area contributed by atoms with Gasteiger partial charge in [0.15, 0.2) is 0 Å². The number of hydrogen-bond donors (Lipinski definition) is 1. The largest absolute Gasteiger partial charge is 0.314 e. The third-order valence-electron chi connectivity index (χ3n) is 3.27. The molecule has 0 saturated carbocycles. The van der Waals surface area contributed by atoms with Crippen LogP contribution in [0, 0.1) is 5.92 Å². The summed E-state index contributed by atoms with van der Waals surface area (Å²) in [5, 5.41) is 7.90. The van der Waals surface area contributed by atoms with Crippen molar-refractivity contribution in [2.24, 2.45) is 5.92 Å². The summed E-state index contributed by atoms with van der Waals surface area (Å²) in [5.74, 6) is 1.79. The average molecular weight is 252 g/mol. The zero-order valence-electron chi connectivity index (χ0n) is 12.3. The zero-order valence-corrected chi connectivity index (χ0v) is 12.3. The molecule has 4 heteroatoms. The maximum absolute atomic E-state index is 4.37. The van der Waals surface area contributed by atoms with Crippen LogP contribution in [0.15, 0.2) is 6.33 Å². The lowest BCUT2D eigenvalue weighted by molar-refractivity contribution is 0.372. The van der Waals surface area contributed by atoms with E-state index in [4.69, 9.17) is 0 Å². The molecule has 0 aromatic carbocycles. The minimum atomic E-state index is 0.580. The fraction of sp³-hybridized carbons (Fsp3) is 0.857. The van der Waals surface area contributed by atoms with E-state index in [1.165, 1.54) is 6.42 Å². The van der Waals surface area contributed by atoms with Crippen LogP contribution in [0.5, 0.6) is 0 Å². The van der Waals surface area contributed by atoms with Crippen molar-refractivity contribution in [1.82, 2.24) is 20.1 Å². The average Bonchev–Trinajstić information content (AvgIpc) is 2.77. The van der Waals surface area contributed by atoms with Gasteiger partial charge in [0.1, 0.15) is 12.2 Å². The Bertz CT molecular complexity index is 319. The Labute approximate surface area is 111 Å². The van der Waals surface area contributed by atoms with Crippen molar-refractivity contribution in [3.05, 3.63) is 12.2 Å². The first-order chi connectivity index (χ1) is 8.69. The Kier molecular flexibility index (Phi) is 6.94. The van der Waals surface area contributed by atoms with Gasteiger partial charge >= 0.3 is 0 Å². The van der Waals surface area contributed by atoms with Crippen molar-refractivity contribution in [3.8, 4) is 0 Å². The van der Waals surface area contributed by atoms with Gasteiger partial charge in [0.05, 0.1) is 0 Å². The van der Waals surface area contributed by atoms with E-state index in [2.05, 4.69) is 43.1 Å². The number of nitrogens with one attached hydrogen (secondary N) is 1. The SMILES string of the molecule is CCCNC(CCc1ncnn1CCC)C(C)C. The monoisotopic (exact) mass is 252 g/mol. The lowest BCUT2D eigenvalue weighted by atomic mass is 9.99. The van der Waals surface area contributed by atoms with Crippen molar-refractivity contribution in [3.63, 3.8) is 0 Å². The quantitative estimate of drug-likeness (QED) is 0.734. The van der Waals surface area contributed by atoms with Crippen LogP contribution in [0.1, 0.15) is 52.8 Å². The molecule has 4 nitrogen and oxygen atoms in total. The third kappa shape index (κ3) is 4.77. The highest BCUT2D eigenvalue weighted by atomic mass is 15.3. The normalized spacial score (nSPS) is 13.2. The predicted molar refractivity (Wildman–Crippen MR) is 75.6 cm³/mol. The molecule has 0 fully saturated rings. The molecular formula is C14H28N4. The second-order valence-corrected chi connectivity index (χ2v) is 5.24. The van der Waals surface area contributed by atoms with Gasteiger partial charge in [-0.2, -0.15) is 5.10 Å². The summed E-state index contributed by atoms with van der Waals surface area (Å²) in [4.78, 5) is 4.37. The highest BCUT2D eigenvalue weighted by Gasteiger charge is 2.14. The van der Waals surface area contributed by atoms with Gasteiger partial charge in [0, 0.05) is 19.0 Å². The predicted octanol–water partition coefficient (Wildman–Crippen LogP) is 2.64. The van der Waals surface area contributed by atoms with Crippen LogP contribution >= 0.6 is 0 Å². The molecule has 1 aromatic rings. The number of hydrogen-bond acceptors (Lipinski definition) is 3. The summed E-state index contributed by atoms with van der Waals surface area (Å²) in [7, 11) is 0. The molecule has 0 amide bonds. The van der Waals surface area contributed by atoms with Gasteiger partial charge in [-0.1, -0.05) is 27.7 Å². The summed E-state index contributed by atoms with van der Waals surface area (Å²) in [5.41, 5.74) is 0. The lowest BCUT2D eigenvalue weighted by Gasteiger charge is -2.22. The van der Waals surface area contributed by atoms with E-state index >= 15 is 0 Å². The first kappa shape index (κ1) is 15.2. The van der Waals surface area contributed by atoms with Crippen LogP contribution in [0.25, 0.3) is 0 Å². The molecule has 1 rings (SSSR count). The Morgan fingerprint density at radius 3 is 2.67 bits per heavy atom. The van der Waals surface area contributed by atoms with Gasteiger partial charge in [-0.15, -0.1) is 0 Å². The van der Waals surface area contributed by atoms with Crippen LogP contribution in [-0.2, 0) is 13.0 Å². The van der Waals surface area contributed by atoms with Gasteiger partial charge in [0.25, 0.3) is 0 Å². The van der Waals surface area contributed by atoms with Gasteiger partial charge < -0.3 is 5.32 Å². The van der Waals surface area contributed by atoms with Crippen molar-refractivity contribution >= 4 is 0 Å². The van der Waals surface area contributed by atoms with Crippen molar-refractivity contribution in [2.45, 2.75) is 66.0 Å². The number of aryl methyl sites for hydroxylation is 2. The summed E-state index contributed by atoms with van der Waals surface area (Å²) in [6.07, 6.45) is 6.13. The molecule has 0 aliphatic rings. The Morgan fingerprint density at radius 2 is 2.06 bits per heavy atom. The van der Waals surface area contributed by atoms with E-state index in [1.54, 1.807) is 6.33 Å². The van der Waals surface area contributed by atoms with Crippen LogP contribution in [0.2, 0.25) is 0 Å². The van der Waals surface area contributed by atoms with Crippen LogP contribution in [-0.4, -0.2) is 27.4 Å². The van der Waals surface area contributed by atoms with E-state index < -0.39 is 0 Å². The molecule has 104 valence electrons. The van der Waals surface area contributed by atoms with E-state index in [0.29, 0.717) is 12.0 Å². The maximum atomic E-state index is 4.37. The highest BCUT2D eigenvalue weighted by Crippen LogP contribution is 2.10. The van der Waals surface area contributed by atoms with Gasteiger partial charge in [0.2, 0.25) is 0 Å². The zero-order chi connectivity index (χ0) is 13.4. The molecule has 0 radical (unpaired) electrons. The van der Waals surface area contributed by atoms with E-state index in [0.717, 1.165) is 38.2 Å². The smallest absolute Gasteiger partial charge is 0.138 e. The maximum Gasteiger partial charge on any atom is 0.138 e. The topological polar surface area (TPSA) is 42.7 Å². The molecule has 1 N–H and O–H groups in total. The third-order valence-corrected chi connectivity index (χ3v) is 3.27. The molecule has 18 heavy (non-hydrogen) atoms. The lowest BCUT2D eigenvalue weighted by Crippen LogP contribution is -2.35. The van der Waals surface area contributed by atoms with Crippen LogP contribution < -0.4 is 5.32 Å².